The summed E-state index contributed by atoms with van der Waals surface area (Å²) in [6.07, 6.45) is 1.19. The third-order valence-corrected chi connectivity index (χ3v) is 4.45. The van der Waals surface area contributed by atoms with Crippen LogP contribution in [-0.2, 0) is 26.5 Å². The molecule has 1 unspecified atom stereocenters. The van der Waals surface area contributed by atoms with E-state index in [-0.39, 0.29) is 18.7 Å². The molecule has 3 heterocycles. The molecule has 0 bridgehead atoms. The number of amides is 4. The molecule has 2 aromatic rings. The second-order valence-corrected chi connectivity index (χ2v) is 5.86. The number of nitrogens with one attached hydrogen (secondary N) is 1. The van der Waals surface area contributed by atoms with Crippen LogP contribution in [0.15, 0.2) is 48.7 Å². The molecule has 24 heavy (non-hydrogen) atoms. The van der Waals surface area contributed by atoms with Gasteiger partial charge in [0.15, 0.2) is 0 Å². The molecular formula is C17H13N3O4. The van der Waals surface area contributed by atoms with E-state index in [0.29, 0.717) is 0 Å². The van der Waals surface area contributed by atoms with Crippen molar-refractivity contribution in [3.05, 3.63) is 59.9 Å². The van der Waals surface area contributed by atoms with Crippen molar-refractivity contribution in [2.75, 3.05) is 0 Å². The van der Waals surface area contributed by atoms with Crippen molar-refractivity contribution in [1.82, 2.24) is 14.8 Å². The highest BCUT2D eigenvalue weighted by Gasteiger charge is 2.60. The first-order valence-electron chi connectivity index (χ1n) is 7.46. The molecule has 0 saturated carbocycles. The highest BCUT2D eigenvalue weighted by Crippen LogP contribution is 2.35. The monoisotopic (exact) mass is 323 g/mol. The van der Waals surface area contributed by atoms with Crippen LogP contribution >= 0.6 is 0 Å². The summed E-state index contributed by atoms with van der Waals surface area (Å²) in [4.78, 5) is 51.0. The molecule has 4 amide bonds. The van der Waals surface area contributed by atoms with Gasteiger partial charge in [0.25, 0.3) is 17.7 Å². The number of benzene rings is 1. The summed E-state index contributed by atoms with van der Waals surface area (Å²) in [5.41, 5.74) is -0.729. The van der Waals surface area contributed by atoms with Crippen molar-refractivity contribution in [2.24, 2.45) is 0 Å². The number of imide groups is 2. The minimum Gasteiger partial charge on any atom is -0.320 e. The number of carbonyl (C=O) groups excluding carboxylic acids is 4. The van der Waals surface area contributed by atoms with Gasteiger partial charge >= 0.3 is 0 Å². The lowest BCUT2D eigenvalue weighted by Gasteiger charge is -2.37. The standard InChI is InChI=1S/C17H13N3O4/c21-13-9-17(15(23)18-13)16(24)19(10-11-5-2-1-3-6-11)14(22)12-7-4-8-20(12)17/h1-8H,9-10H2,(H,18,21,23). The number of hydrogen-bond acceptors (Lipinski definition) is 4. The van der Waals surface area contributed by atoms with Gasteiger partial charge in [-0.25, -0.2) is 0 Å². The lowest BCUT2D eigenvalue weighted by molar-refractivity contribution is -0.147. The van der Waals surface area contributed by atoms with Crippen LogP contribution in [0.3, 0.4) is 0 Å². The van der Waals surface area contributed by atoms with Crippen LogP contribution in [0.4, 0.5) is 0 Å². The van der Waals surface area contributed by atoms with Gasteiger partial charge in [-0.2, -0.15) is 0 Å². The number of nitrogens with zero attached hydrogens (tertiary/aromatic N) is 2. The lowest BCUT2D eigenvalue weighted by atomic mass is 9.91. The molecule has 1 saturated heterocycles. The molecule has 1 atom stereocenters. The molecule has 0 radical (unpaired) electrons. The molecule has 1 aromatic carbocycles. The lowest BCUT2D eigenvalue weighted by Crippen LogP contribution is -2.60. The zero-order valence-electron chi connectivity index (χ0n) is 12.6. The third kappa shape index (κ3) is 1.78. The van der Waals surface area contributed by atoms with E-state index in [0.717, 1.165) is 10.5 Å². The van der Waals surface area contributed by atoms with Crippen LogP contribution in [0.1, 0.15) is 22.5 Å². The topological polar surface area (TPSA) is 88.5 Å². The van der Waals surface area contributed by atoms with Gasteiger partial charge in [-0.05, 0) is 17.7 Å². The summed E-state index contributed by atoms with van der Waals surface area (Å²) in [7, 11) is 0. The SMILES string of the molecule is O=C1CC2(C(=O)N1)C(=O)N(Cc1ccccc1)C(=O)c1cccn12. The van der Waals surface area contributed by atoms with E-state index in [4.69, 9.17) is 0 Å². The van der Waals surface area contributed by atoms with Gasteiger partial charge in [-0.15, -0.1) is 0 Å². The maximum absolute atomic E-state index is 13.1. The van der Waals surface area contributed by atoms with Crippen LogP contribution < -0.4 is 5.32 Å². The predicted octanol–water partition coefficient (Wildman–Crippen LogP) is 0.412. The maximum Gasteiger partial charge on any atom is 0.277 e. The quantitative estimate of drug-likeness (QED) is 0.640. The molecule has 1 fully saturated rings. The summed E-state index contributed by atoms with van der Waals surface area (Å²) in [6, 6.07) is 12.2. The number of aromatic nitrogens is 1. The second-order valence-electron chi connectivity index (χ2n) is 5.86. The van der Waals surface area contributed by atoms with Crippen molar-refractivity contribution < 1.29 is 19.2 Å². The first-order chi connectivity index (χ1) is 11.5. The highest BCUT2D eigenvalue weighted by molar-refractivity contribution is 6.24. The van der Waals surface area contributed by atoms with E-state index < -0.39 is 29.2 Å². The Bertz CT molecular complexity index is 886. The Labute approximate surface area is 136 Å². The molecule has 2 aliphatic heterocycles. The first kappa shape index (κ1) is 14.4. The van der Waals surface area contributed by atoms with Crippen molar-refractivity contribution in [3.63, 3.8) is 0 Å². The summed E-state index contributed by atoms with van der Waals surface area (Å²) in [6.45, 7) is 0.0485. The second kappa shape index (κ2) is 4.89. The Morgan fingerprint density at radius 1 is 1.00 bits per heavy atom. The Morgan fingerprint density at radius 2 is 1.75 bits per heavy atom. The summed E-state index contributed by atoms with van der Waals surface area (Å²) < 4.78 is 1.32. The van der Waals surface area contributed by atoms with E-state index >= 15 is 0 Å². The minimum absolute atomic E-state index is 0.0485. The van der Waals surface area contributed by atoms with Gasteiger partial charge in [-0.3, -0.25) is 29.4 Å². The van der Waals surface area contributed by atoms with Gasteiger partial charge in [0, 0.05) is 6.20 Å². The Balaban J connectivity index is 1.84. The largest absolute Gasteiger partial charge is 0.320 e. The van der Waals surface area contributed by atoms with Crippen LogP contribution in [0, 0.1) is 0 Å². The summed E-state index contributed by atoms with van der Waals surface area (Å²) >= 11 is 0. The van der Waals surface area contributed by atoms with Crippen molar-refractivity contribution in [2.45, 2.75) is 18.5 Å². The highest BCUT2D eigenvalue weighted by atomic mass is 16.2. The normalized spacial score (nSPS) is 22.9. The minimum atomic E-state index is -1.71. The van der Waals surface area contributed by atoms with Crippen LogP contribution in [-0.4, -0.2) is 33.1 Å². The van der Waals surface area contributed by atoms with E-state index in [1.807, 2.05) is 6.07 Å². The summed E-state index contributed by atoms with van der Waals surface area (Å²) in [5, 5.41) is 2.18. The number of hydrogen-bond donors (Lipinski definition) is 1. The van der Waals surface area contributed by atoms with Gasteiger partial charge in [0.2, 0.25) is 11.4 Å². The van der Waals surface area contributed by atoms with Crippen LogP contribution in [0.25, 0.3) is 0 Å². The van der Waals surface area contributed by atoms with Crippen molar-refractivity contribution in [3.8, 4) is 0 Å². The predicted molar refractivity (Wildman–Crippen MR) is 81.5 cm³/mol. The molecular weight excluding hydrogens is 310 g/mol. The van der Waals surface area contributed by atoms with Crippen molar-refractivity contribution in [1.29, 1.82) is 0 Å². The van der Waals surface area contributed by atoms with E-state index in [2.05, 4.69) is 5.32 Å². The maximum atomic E-state index is 13.1. The number of fused-ring (bicyclic) bond motifs is 2. The zero-order chi connectivity index (χ0) is 16.9. The fourth-order valence-electron chi connectivity index (χ4n) is 3.31. The van der Waals surface area contributed by atoms with Crippen LogP contribution in [0.5, 0.6) is 0 Å². The molecule has 120 valence electrons. The zero-order valence-corrected chi connectivity index (χ0v) is 12.6. The molecule has 1 aromatic heterocycles. The smallest absolute Gasteiger partial charge is 0.277 e. The number of carbonyl (C=O) groups is 4. The van der Waals surface area contributed by atoms with Gasteiger partial charge < -0.3 is 4.57 Å². The molecule has 7 nitrogen and oxygen atoms in total. The molecule has 1 N–H and O–H groups in total. The van der Waals surface area contributed by atoms with E-state index in [9.17, 15) is 19.2 Å². The van der Waals surface area contributed by atoms with Gasteiger partial charge in [-0.1, -0.05) is 30.3 Å². The van der Waals surface area contributed by atoms with E-state index in [1.54, 1.807) is 36.4 Å². The van der Waals surface area contributed by atoms with Crippen molar-refractivity contribution >= 4 is 23.6 Å². The fraction of sp³-hybridized carbons (Fsp3) is 0.176. The van der Waals surface area contributed by atoms with Gasteiger partial charge in [0.1, 0.15) is 5.69 Å². The molecule has 2 aliphatic rings. The molecule has 1 spiro atoms. The molecule has 4 rings (SSSR count). The van der Waals surface area contributed by atoms with Crippen LogP contribution in [0.2, 0.25) is 0 Å². The Kier molecular flexibility index (Phi) is 2.93. The van der Waals surface area contributed by atoms with Gasteiger partial charge in [0.05, 0.1) is 13.0 Å². The summed E-state index contributed by atoms with van der Waals surface area (Å²) in [5.74, 6) is -2.38. The number of rotatable bonds is 2. The fourth-order valence-corrected chi connectivity index (χ4v) is 3.31. The average molecular weight is 323 g/mol. The first-order valence-corrected chi connectivity index (χ1v) is 7.46. The Hall–Kier alpha value is -3.22. The molecule has 7 heteroatoms. The molecule has 0 aliphatic carbocycles. The van der Waals surface area contributed by atoms with E-state index in [1.165, 1.54) is 10.8 Å². The Morgan fingerprint density at radius 3 is 2.42 bits per heavy atom. The average Bonchev–Trinajstić information content (AvgIpc) is 3.16. The third-order valence-electron chi connectivity index (χ3n) is 4.45.